The van der Waals surface area contributed by atoms with Crippen LogP contribution in [-0.4, -0.2) is 37.4 Å². The molecule has 0 saturated heterocycles. The predicted octanol–water partition coefficient (Wildman–Crippen LogP) is 1.37. The molecule has 0 saturated carbocycles. The van der Waals surface area contributed by atoms with Crippen LogP contribution in [0.15, 0.2) is 18.2 Å². The van der Waals surface area contributed by atoms with Crippen molar-refractivity contribution in [3.8, 4) is 11.5 Å². The van der Waals surface area contributed by atoms with Crippen LogP contribution in [0.5, 0.6) is 11.5 Å². The van der Waals surface area contributed by atoms with Gasteiger partial charge in [0.2, 0.25) is 0 Å². The molecule has 0 fully saturated rings. The molecule has 17 heavy (non-hydrogen) atoms. The quantitative estimate of drug-likeness (QED) is 0.860. The van der Waals surface area contributed by atoms with E-state index >= 15 is 0 Å². The van der Waals surface area contributed by atoms with Crippen LogP contribution < -0.4 is 14.4 Å². The van der Waals surface area contributed by atoms with Crippen LogP contribution in [0.3, 0.4) is 0 Å². The normalized spacial score (nSPS) is 18.2. The standard InChI is InChI=1S/C12H15NO4/c1-8-6-13(7-12(14)15)10-5-9(16-2)3-4-11(10)17-8/h3-5,8H,6-7H2,1-2H3,(H,14,15). The fraction of sp³-hybridized carbons (Fsp3) is 0.417. The Morgan fingerprint density at radius 3 is 3.06 bits per heavy atom. The second kappa shape index (κ2) is 4.53. The summed E-state index contributed by atoms with van der Waals surface area (Å²) in [6, 6.07) is 5.40. The Bertz CT molecular complexity index is 433. The Balaban J connectivity index is 2.35. The lowest BCUT2D eigenvalue weighted by molar-refractivity contribution is -0.135. The smallest absolute Gasteiger partial charge is 0.323 e. The predicted molar refractivity (Wildman–Crippen MR) is 62.9 cm³/mol. The van der Waals surface area contributed by atoms with E-state index in [1.807, 2.05) is 6.92 Å². The third kappa shape index (κ3) is 2.43. The zero-order chi connectivity index (χ0) is 12.4. The topological polar surface area (TPSA) is 59.0 Å². The summed E-state index contributed by atoms with van der Waals surface area (Å²) in [7, 11) is 1.58. The number of hydrogen-bond donors (Lipinski definition) is 1. The Labute approximate surface area is 99.6 Å². The van der Waals surface area contributed by atoms with Crippen molar-refractivity contribution < 1.29 is 19.4 Å². The Kier molecular flexibility index (Phi) is 3.08. The lowest BCUT2D eigenvalue weighted by Gasteiger charge is -2.34. The van der Waals surface area contributed by atoms with Crippen molar-refractivity contribution in [2.45, 2.75) is 13.0 Å². The summed E-state index contributed by atoms with van der Waals surface area (Å²) in [5.74, 6) is 0.538. The van der Waals surface area contributed by atoms with Crippen LogP contribution in [0.2, 0.25) is 0 Å². The van der Waals surface area contributed by atoms with Gasteiger partial charge in [-0.3, -0.25) is 4.79 Å². The van der Waals surface area contributed by atoms with E-state index in [1.54, 1.807) is 30.2 Å². The first-order chi connectivity index (χ1) is 8.10. The summed E-state index contributed by atoms with van der Waals surface area (Å²) < 4.78 is 10.8. The maximum Gasteiger partial charge on any atom is 0.323 e. The number of carbonyl (C=O) groups is 1. The van der Waals surface area contributed by atoms with E-state index in [0.717, 1.165) is 5.69 Å². The summed E-state index contributed by atoms with van der Waals surface area (Å²) >= 11 is 0. The molecule has 0 spiro atoms. The number of rotatable bonds is 3. The minimum absolute atomic E-state index is 0.0183. The molecule has 0 aromatic heterocycles. The number of carboxylic acids is 1. The highest BCUT2D eigenvalue weighted by atomic mass is 16.5. The third-order valence-electron chi connectivity index (χ3n) is 2.64. The number of aliphatic carboxylic acids is 1. The van der Waals surface area contributed by atoms with Gasteiger partial charge in [0.1, 0.15) is 24.1 Å². The van der Waals surface area contributed by atoms with Crippen LogP contribution in [0.4, 0.5) is 5.69 Å². The molecule has 1 aromatic carbocycles. The van der Waals surface area contributed by atoms with E-state index in [2.05, 4.69) is 0 Å². The molecule has 1 unspecified atom stereocenters. The number of ether oxygens (including phenoxy) is 2. The average Bonchev–Trinajstić information content (AvgIpc) is 2.27. The molecular formula is C12H15NO4. The van der Waals surface area contributed by atoms with Crippen LogP contribution in [0.25, 0.3) is 0 Å². The van der Waals surface area contributed by atoms with Crippen molar-refractivity contribution in [2.24, 2.45) is 0 Å². The molecule has 1 N–H and O–H groups in total. The summed E-state index contributed by atoms with van der Waals surface area (Å²) in [6.45, 7) is 2.45. The number of benzene rings is 1. The van der Waals surface area contributed by atoms with E-state index in [-0.39, 0.29) is 12.6 Å². The molecule has 0 bridgehead atoms. The van der Waals surface area contributed by atoms with Crippen molar-refractivity contribution in [1.82, 2.24) is 0 Å². The molecule has 0 amide bonds. The summed E-state index contributed by atoms with van der Waals surface area (Å²) in [4.78, 5) is 12.6. The van der Waals surface area contributed by atoms with Gasteiger partial charge >= 0.3 is 5.97 Å². The van der Waals surface area contributed by atoms with Gasteiger partial charge in [-0.05, 0) is 19.1 Å². The zero-order valence-electron chi connectivity index (χ0n) is 9.84. The second-order valence-electron chi connectivity index (χ2n) is 4.04. The highest BCUT2D eigenvalue weighted by molar-refractivity contribution is 5.76. The molecule has 2 rings (SSSR count). The highest BCUT2D eigenvalue weighted by Crippen LogP contribution is 2.36. The van der Waals surface area contributed by atoms with Gasteiger partial charge in [-0.1, -0.05) is 0 Å². The number of hydrogen-bond acceptors (Lipinski definition) is 4. The molecule has 1 aliphatic rings. The van der Waals surface area contributed by atoms with Crippen molar-refractivity contribution in [3.63, 3.8) is 0 Å². The molecule has 0 aliphatic carbocycles. The molecule has 0 radical (unpaired) electrons. The van der Waals surface area contributed by atoms with Crippen LogP contribution in [0, 0.1) is 0 Å². The van der Waals surface area contributed by atoms with E-state index in [1.165, 1.54) is 0 Å². The zero-order valence-corrected chi connectivity index (χ0v) is 9.84. The molecule has 92 valence electrons. The first kappa shape index (κ1) is 11.6. The van der Waals surface area contributed by atoms with E-state index in [0.29, 0.717) is 18.0 Å². The van der Waals surface area contributed by atoms with Gasteiger partial charge in [0, 0.05) is 6.07 Å². The SMILES string of the molecule is COc1ccc2c(c1)N(CC(=O)O)CC(C)O2. The molecule has 5 heteroatoms. The number of nitrogens with zero attached hydrogens (tertiary/aromatic N) is 1. The lowest BCUT2D eigenvalue weighted by Crippen LogP contribution is -2.41. The second-order valence-corrected chi connectivity index (χ2v) is 4.04. The van der Waals surface area contributed by atoms with Gasteiger partial charge in [-0.15, -0.1) is 0 Å². The van der Waals surface area contributed by atoms with Crippen LogP contribution in [-0.2, 0) is 4.79 Å². The van der Waals surface area contributed by atoms with Gasteiger partial charge in [0.15, 0.2) is 0 Å². The van der Waals surface area contributed by atoms with Gasteiger partial charge in [0.25, 0.3) is 0 Å². The minimum atomic E-state index is -0.854. The van der Waals surface area contributed by atoms with E-state index in [9.17, 15) is 4.79 Å². The molecule has 1 aliphatic heterocycles. The van der Waals surface area contributed by atoms with Crippen molar-refractivity contribution in [1.29, 1.82) is 0 Å². The van der Waals surface area contributed by atoms with Crippen molar-refractivity contribution >= 4 is 11.7 Å². The number of fused-ring (bicyclic) bond motifs is 1. The molecule has 1 atom stereocenters. The largest absolute Gasteiger partial charge is 0.497 e. The third-order valence-corrected chi connectivity index (χ3v) is 2.64. The van der Waals surface area contributed by atoms with E-state index < -0.39 is 5.97 Å². The van der Waals surface area contributed by atoms with Crippen molar-refractivity contribution in [3.05, 3.63) is 18.2 Å². The Morgan fingerprint density at radius 1 is 1.65 bits per heavy atom. The van der Waals surface area contributed by atoms with Crippen LogP contribution >= 0.6 is 0 Å². The molecule has 5 nitrogen and oxygen atoms in total. The number of anilines is 1. The van der Waals surface area contributed by atoms with Crippen molar-refractivity contribution in [2.75, 3.05) is 25.1 Å². The Hall–Kier alpha value is -1.91. The molecule has 1 heterocycles. The summed E-state index contributed by atoms with van der Waals surface area (Å²) in [5.41, 5.74) is 0.768. The summed E-state index contributed by atoms with van der Waals surface area (Å²) in [6.07, 6.45) is -0.0183. The minimum Gasteiger partial charge on any atom is -0.497 e. The first-order valence-electron chi connectivity index (χ1n) is 5.41. The van der Waals surface area contributed by atoms with Gasteiger partial charge in [-0.25, -0.2) is 0 Å². The van der Waals surface area contributed by atoms with Gasteiger partial charge in [0.05, 0.1) is 19.3 Å². The fourth-order valence-corrected chi connectivity index (χ4v) is 1.95. The number of methoxy groups -OCH3 is 1. The first-order valence-corrected chi connectivity index (χ1v) is 5.41. The highest BCUT2D eigenvalue weighted by Gasteiger charge is 2.24. The lowest BCUT2D eigenvalue weighted by atomic mass is 10.2. The van der Waals surface area contributed by atoms with E-state index in [4.69, 9.17) is 14.6 Å². The fourth-order valence-electron chi connectivity index (χ4n) is 1.95. The number of carboxylic acid groups (broad SMARTS) is 1. The van der Waals surface area contributed by atoms with Crippen LogP contribution in [0.1, 0.15) is 6.92 Å². The monoisotopic (exact) mass is 237 g/mol. The molecular weight excluding hydrogens is 222 g/mol. The maximum atomic E-state index is 10.8. The Morgan fingerprint density at radius 2 is 2.41 bits per heavy atom. The van der Waals surface area contributed by atoms with Gasteiger partial charge < -0.3 is 19.5 Å². The average molecular weight is 237 g/mol. The maximum absolute atomic E-state index is 10.8. The summed E-state index contributed by atoms with van der Waals surface area (Å²) in [5, 5.41) is 8.89. The molecule has 1 aromatic rings. The van der Waals surface area contributed by atoms with Gasteiger partial charge in [-0.2, -0.15) is 0 Å².